The first-order valence-electron chi connectivity index (χ1n) is 15.6. The van der Waals surface area contributed by atoms with Gasteiger partial charge in [0, 0.05) is 41.7 Å². The number of aromatic nitrogens is 3. The molecule has 2 aromatic heterocycles. The van der Waals surface area contributed by atoms with Gasteiger partial charge in [-0.1, -0.05) is 24.3 Å². The third-order valence-electron chi connectivity index (χ3n) is 8.14. The van der Waals surface area contributed by atoms with Crippen molar-refractivity contribution >= 4 is 11.8 Å². The molecule has 8 nitrogen and oxygen atoms in total. The van der Waals surface area contributed by atoms with Crippen LogP contribution in [-0.2, 0) is 36.8 Å². The molecule has 248 valence electrons. The standard InChI is InChI=1S/C35H38F4N6O2/c1-22-16-23(18-26(36)17-22)19-29(42-31(46)21-45-30-12-5-4-10-28(30)33(43-45)35(37,38)39)32-27(11-7-13-40-32)24-8-6-9-25(20-24)34(47)41-14-15-44(2)3/h6-9,11,13,16-18,20,29H,4-5,10,12,14-15,19,21H2,1-3H3,(H,41,47)(H,42,46)/t29-/m0/s1. The molecule has 0 spiro atoms. The van der Waals surface area contributed by atoms with Crippen LogP contribution < -0.4 is 10.6 Å². The Morgan fingerprint density at radius 1 is 1.04 bits per heavy atom. The molecule has 2 aromatic carbocycles. The van der Waals surface area contributed by atoms with Gasteiger partial charge < -0.3 is 15.5 Å². The van der Waals surface area contributed by atoms with Crippen molar-refractivity contribution < 1.29 is 27.2 Å². The molecule has 2 amide bonds. The minimum absolute atomic E-state index is 0.154. The SMILES string of the molecule is Cc1cc(F)cc(C[C@H](NC(=O)Cn2nc(C(F)(F)F)c3c2CCCC3)c2ncccc2-c2cccc(C(=O)NCCN(C)C)c2)c1. The number of likely N-dealkylation sites (N-methyl/N-ethyl adjacent to an activating group) is 1. The third kappa shape index (κ3) is 8.42. The van der Waals surface area contributed by atoms with Gasteiger partial charge in [-0.2, -0.15) is 18.3 Å². The third-order valence-corrected chi connectivity index (χ3v) is 8.14. The Morgan fingerprint density at radius 2 is 1.83 bits per heavy atom. The number of benzene rings is 2. The Labute approximate surface area is 271 Å². The maximum Gasteiger partial charge on any atom is 0.435 e. The highest BCUT2D eigenvalue weighted by Crippen LogP contribution is 2.36. The summed E-state index contributed by atoms with van der Waals surface area (Å²) in [5.74, 6) is -1.22. The highest BCUT2D eigenvalue weighted by atomic mass is 19.4. The second-order valence-electron chi connectivity index (χ2n) is 12.2. The van der Waals surface area contributed by atoms with Crippen LogP contribution in [0.15, 0.2) is 60.8 Å². The number of carbonyl (C=O) groups excluding carboxylic acids is 2. The average molecular weight is 651 g/mol. The van der Waals surface area contributed by atoms with Crippen LogP contribution in [0.5, 0.6) is 0 Å². The van der Waals surface area contributed by atoms with E-state index in [-0.39, 0.29) is 24.3 Å². The average Bonchev–Trinajstić information content (AvgIpc) is 3.39. The lowest BCUT2D eigenvalue weighted by molar-refractivity contribution is -0.142. The summed E-state index contributed by atoms with van der Waals surface area (Å²) < 4.78 is 57.0. The van der Waals surface area contributed by atoms with Gasteiger partial charge in [0.2, 0.25) is 5.91 Å². The number of aryl methyl sites for hydroxylation is 1. The normalized spacial score (nSPS) is 13.7. The lowest BCUT2D eigenvalue weighted by atomic mass is 9.94. The smallest absolute Gasteiger partial charge is 0.351 e. The molecule has 0 bridgehead atoms. The summed E-state index contributed by atoms with van der Waals surface area (Å²) in [5, 5.41) is 9.70. The number of halogens is 4. The molecule has 1 aliphatic rings. The number of amides is 2. The van der Waals surface area contributed by atoms with Crippen molar-refractivity contribution in [3.05, 3.63) is 106 Å². The van der Waals surface area contributed by atoms with Crippen molar-refractivity contribution in [2.24, 2.45) is 0 Å². The summed E-state index contributed by atoms with van der Waals surface area (Å²) in [6, 6.07) is 14.4. The lowest BCUT2D eigenvalue weighted by Crippen LogP contribution is -2.34. The van der Waals surface area contributed by atoms with Crippen LogP contribution in [0, 0.1) is 12.7 Å². The number of nitrogens with one attached hydrogen (secondary N) is 2. The second kappa shape index (κ2) is 14.5. The zero-order chi connectivity index (χ0) is 33.7. The quantitative estimate of drug-likeness (QED) is 0.204. The van der Waals surface area contributed by atoms with Gasteiger partial charge in [0.15, 0.2) is 5.69 Å². The molecule has 2 heterocycles. The molecule has 0 saturated carbocycles. The fraction of sp³-hybridized carbons (Fsp3) is 0.371. The highest BCUT2D eigenvalue weighted by Gasteiger charge is 2.39. The molecule has 5 rings (SSSR count). The minimum Gasteiger partial charge on any atom is -0.351 e. The number of pyridine rings is 1. The van der Waals surface area contributed by atoms with E-state index < -0.39 is 36.2 Å². The Hall–Kier alpha value is -4.58. The molecule has 0 radical (unpaired) electrons. The summed E-state index contributed by atoms with van der Waals surface area (Å²) in [5.41, 5.74) is 3.17. The monoisotopic (exact) mass is 650 g/mol. The molecule has 1 atom stereocenters. The van der Waals surface area contributed by atoms with Crippen LogP contribution in [0.2, 0.25) is 0 Å². The highest BCUT2D eigenvalue weighted by molar-refractivity contribution is 5.95. The zero-order valence-electron chi connectivity index (χ0n) is 26.6. The van der Waals surface area contributed by atoms with Crippen LogP contribution in [-0.4, -0.2) is 58.7 Å². The van der Waals surface area contributed by atoms with Gasteiger partial charge in [-0.15, -0.1) is 0 Å². The second-order valence-corrected chi connectivity index (χ2v) is 12.2. The van der Waals surface area contributed by atoms with E-state index in [1.807, 2.05) is 37.2 Å². The first-order valence-corrected chi connectivity index (χ1v) is 15.6. The maximum absolute atomic E-state index is 14.4. The molecule has 0 unspecified atom stereocenters. The Kier molecular flexibility index (Phi) is 10.4. The van der Waals surface area contributed by atoms with Gasteiger partial charge in [-0.25, -0.2) is 4.39 Å². The topological polar surface area (TPSA) is 92.1 Å². The number of fused-ring (bicyclic) bond motifs is 1. The summed E-state index contributed by atoms with van der Waals surface area (Å²) in [6.07, 6.45) is -0.885. The molecule has 1 aliphatic carbocycles. The van der Waals surface area contributed by atoms with E-state index in [1.54, 1.807) is 37.4 Å². The number of alkyl halides is 3. The van der Waals surface area contributed by atoms with Crippen molar-refractivity contribution in [2.75, 3.05) is 27.2 Å². The van der Waals surface area contributed by atoms with Crippen molar-refractivity contribution in [3.8, 4) is 11.1 Å². The van der Waals surface area contributed by atoms with Gasteiger partial charge in [0.05, 0.1) is 11.7 Å². The van der Waals surface area contributed by atoms with Crippen LogP contribution in [0.1, 0.15) is 63.0 Å². The summed E-state index contributed by atoms with van der Waals surface area (Å²) in [6.45, 7) is 2.50. The van der Waals surface area contributed by atoms with E-state index >= 15 is 0 Å². The van der Waals surface area contributed by atoms with Crippen LogP contribution in [0.4, 0.5) is 17.6 Å². The number of carbonyl (C=O) groups is 2. The van der Waals surface area contributed by atoms with Gasteiger partial charge in [0.25, 0.3) is 5.91 Å². The fourth-order valence-electron chi connectivity index (χ4n) is 6.05. The van der Waals surface area contributed by atoms with Crippen LogP contribution in [0.25, 0.3) is 11.1 Å². The Morgan fingerprint density at radius 3 is 2.57 bits per heavy atom. The molecule has 0 fully saturated rings. The van der Waals surface area contributed by atoms with Gasteiger partial charge in [-0.3, -0.25) is 19.3 Å². The first kappa shape index (κ1) is 33.8. The molecule has 0 aliphatic heterocycles. The van der Waals surface area contributed by atoms with E-state index in [0.717, 1.165) is 4.68 Å². The molecule has 4 aromatic rings. The molecule has 12 heteroatoms. The van der Waals surface area contributed by atoms with E-state index in [4.69, 9.17) is 0 Å². The van der Waals surface area contributed by atoms with E-state index in [2.05, 4.69) is 20.7 Å². The van der Waals surface area contributed by atoms with Gasteiger partial charge in [0.1, 0.15) is 12.4 Å². The molecular weight excluding hydrogens is 612 g/mol. The van der Waals surface area contributed by atoms with Gasteiger partial charge in [-0.05, 0) is 100 Å². The number of hydrogen-bond donors (Lipinski definition) is 2. The van der Waals surface area contributed by atoms with Crippen molar-refractivity contribution in [3.63, 3.8) is 0 Å². The van der Waals surface area contributed by atoms with Crippen molar-refractivity contribution in [2.45, 2.75) is 57.8 Å². The lowest BCUT2D eigenvalue weighted by Gasteiger charge is -2.22. The molecule has 2 N–H and O–H groups in total. The summed E-state index contributed by atoms with van der Waals surface area (Å²) in [7, 11) is 3.83. The predicted octanol–water partition coefficient (Wildman–Crippen LogP) is 5.68. The zero-order valence-corrected chi connectivity index (χ0v) is 26.6. The number of nitrogens with zero attached hydrogens (tertiary/aromatic N) is 4. The number of rotatable bonds is 11. The van der Waals surface area contributed by atoms with E-state index in [0.29, 0.717) is 71.6 Å². The van der Waals surface area contributed by atoms with E-state index in [1.165, 1.54) is 12.1 Å². The van der Waals surface area contributed by atoms with E-state index in [9.17, 15) is 27.2 Å². The fourth-order valence-corrected chi connectivity index (χ4v) is 6.05. The largest absolute Gasteiger partial charge is 0.435 e. The van der Waals surface area contributed by atoms with Gasteiger partial charge >= 0.3 is 6.18 Å². The maximum atomic E-state index is 14.4. The Bertz CT molecular complexity index is 1730. The summed E-state index contributed by atoms with van der Waals surface area (Å²) in [4.78, 5) is 33.1. The molecular formula is C35H38F4N6O2. The van der Waals surface area contributed by atoms with Crippen molar-refractivity contribution in [1.82, 2.24) is 30.3 Å². The van der Waals surface area contributed by atoms with Crippen LogP contribution >= 0.6 is 0 Å². The number of hydrogen-bond acceptors (Lipinski definition) is 5. The van der Waals surface area contributed by atoms with Crippen LogP contribution in [0.3, 0.4) is 0 Å². The predicted molar refractivity (Wildman–Crippen MR) is 170 cm³/mol. The van der Waals surface area contributed by atoms with Crippen molar-refractivity contribution in [1.29, 1.82) is 0 Å². The first-order chi connectivity index (χ1) is 22.4. The summed E-state index contributed by atoms with van der Waals surface area (Å²) >= 11 is 0. The molecule has 47 heavy (non-hydrogen) atoms. The molecule has 0 saturated heterocycles. The minimum atomic E-state index is -4.62. The Balaban J connectivity index is 1.47.